The lowest BCUT2D eigenvalue weighted by Crippen LogP contribution is -2.26. The summed E-state index contributed by atoms with van der Waals surface area (Å²) >= 11 is 1.88. The standard InChI is InChI=1S/C105H80N2S/c1-4-21-69(22-5-1)71-47-56-81(57-48-71)106(82-60-51-76(52-61-82)88-36-18-29-78-27-16-34-86(102(78)88)74-23-6-2-7-24-74)85-64-66-98-94(68-85)93-67-80(55-65-97(93)105(98)95-38-13-10-31-90(95)91-32-11-14-39-96(91)105)73-45-43-70(44-46-73)72-49-58-83(59-50-72)107(99-40-20-42-101-104(99)92-33-12-15-41-100(92)108-101)84-62-53-77(54-63-84)89-37-19-30-79-28-17-35-87(103(79)89)75-25-8-3-9-26-75/h2-3,6-20,23-42,47-70,73H,1,4-5,21-22,43-46H2. The summed E-state index contributed by atoms with van der Waals surface area (Å²) in [4.78, 5) is 5.03. The zero-order chi connectivity index (χ0) is 71.2. The Morgan fingerprint density at radius 3 is 1.16 bits per heavy atom. The van der Waals surface area contributed by atoms with E-state index in [0.29, 0.717) is 17.8 Å². The maximum absolute atomic E-state index is 2.64. The van der Waals surface area contributed by atoms with Crippen LogP contribution < -0.4 is 9.80 Å². The summed E-state index contributed by atoms with van der Waals surface area (Å²) in [5, 5.41) is 7.64. The van der Waals surface area contributed by atoms with Crippen LogP contribution in [0, 0.1) is 0 Å². The van der Waals surface area contributed by atoms with E-state index < -0.39 is 5.41 Å². The van der Waals surface area contributed by atoms with Crippen molar-refractivity contribution in [1.82, 2.24) is 0 Å². The quantitative estimate of drug-likeness (QED) is 0.114. The highest BCUT2D eigenvalue weighted by Gasteiger charge is 2.52. The highest BCUT2D eigenvalue weighted by molar-refractivity contribution is 7.26. The third kappa shape index (κ3) is 10.7. The lowest BCUT2D eigenvalue weighted by Gasteiger charge is -2.32. The van der Waals surface area contributed by atoms with Gasteiger partial charge in [-0.3, -0.25) is 0 Å². The SMILES string of the molecule is c1ccc(-c2cccc3cccc(-c4ccc(N(c5ccc(C6CCCCC6)cc5)c5ccc6c(c5)-c5cc(C7CCC(c8ccc(N(c9ccc(-c%10cccc%11cccc(-c%12ccccc%12)c%10%11)cc9)c9cccc%10sc%11ccccc%11c9%10)cc8)CC7)ccc5C65c6ccccc6-c6ccccc65)cc4)c23)cc1. The van der Waals surface area contributed by atoms with Gasteiger partial charge in [0, 0.05) is 48.6 Å². The molecule has 4 aliphatic rings. The van der Waals surface area contributed by atoms with Gasteiger partial charge in [-0.15, -0.1) is 11.3 Å². The predicted octanol–water partition coefficient (Wildman–Crippen LogP) is 29.8. The fraction of sp³-hybridized carbons (Fsp3) is 0.124. The molecule has 16 aromatic carbocycles. The highest BCUT2D eigenvalue weighted by atomic mass is 32.1. The number of anilines is 6. The molecule has 0 atom stereocenters. The first-order valence-corrected chi connectivity index (χ1v) is 39.9. The number of hydrogen-bond acceptors (Lipinski definition) is 3. The molecule has 0 aliphatic heterocycles. The lowest BCUT2D eigenvalue weighted by atomic mass is 9.70. The van der Waals surface area contributed by atoms with Crippen LogP contribution in [0.4, 0.5) is 34.1 Å². The van der Waals surface area contributed by atoms with Gasteiger partial charge >= 0.3 is 0 Å². The van der Waals surface area contributed by atoms with Crippen molar-refractivity contribution in [2.75, 3.05) is 9.80 Å². The van der Waals surface area contributed by atoms with Crippen LogP contribution in [-0.4, -0.2) is 0 Å². The fourth-order valence-corrected chi connectivity index (χ4v) is 20.9. The molecular formula is C105H80N2S. The smallest absolute Gasteiger partial charge is 0.0725 e. The van der Waals surface area contributed by atoms with Gasteiger partial charge in [-0.25, -0.2) is 0 Å². The van der Waals surface area contributed by atoms with Crippen LogP contribution in [0.3, 0.4) is 0 Å². The van der Waals surface area contributed by atoms with E-state index >= 15 is 0 Å². The molecule has 108 heavy (non-hydrogen) atoms. The summed E-state index contributed by atoms with van der Waals surface area (Å²) in [6.45, 7) is 0. The van der Waals surface area contributed by atoms with Gasteiger partial charge in [0.15, 0.2) is 0 Å². The van der Waals surface area contributed by atoms with Gasteiger partial charge in [0.2, 0.25) is 0 Å². The van der Waals surface area contributed by atoms with Crippen molar-refractivity contribution in [2.24, 2.45) is 0 Å². The molecule has 0 saturated heterocycles. The largest absolute Gasteiger partial charge is 0.310 e. The molecule has 0 bridgehead atoms. The van der Waals surface area contributed by atoms with Crippen molar-refractivity contribution in [1.29, 1.82) is 0 Å². The van der Waals surface area contributed by atoms with Crippen molar-refractivity contribution < 1.29 is 0 Å². The van der Waals surface area contributed by atoms with Gasteiger partial charge in [0.05, 0.1) is 11.1 Å². The molecule has 21 rings (SSSR count). The molecule has 2 nitrogen and oxygen atoms in total. The van der Waals surface area contributed by atoms with Crippen LogP contribution in [0.15, 0.2) is 358 Å². The number of benzene rings is 16. The Labute approximate surface area is 637 Å². The second-order valence-electron chi connectivity index (χ2n) is 30.6. The molecule has 3 heteroatoms. The molecule has 17 aromatic rings. The van der Waals surface area contributed by atoms with E-state index in [1.54, 1.807) is 0 Å². The maximum Gasteiger partial charge on any atom is 0.0725 e. The molecule has 4 aliphatic carbocycles. The van der Waals surface area contributed by atoms with E-state index in [0.717, 1.165) is 48.4 Å². The minimum atomic E-state index is -0.461. The molecule has 2 saturated carbocycles. The van der Waals surface area contributed by atoms with Crippen LogP contribution in [0.1, 0.15) is 114 Å². The minimum Gasteiger partial charge on any atom is -0.310 e. The van der Waals surface area contributed by atoms with Crippen LogP contribution in [0.2, 0.25) is 0 Å². The van der Waals surface area contributed by atoms with Gasteiger partial charge in [-0.2, -0.15) is 0 Å². The van der Waals surface area contributed by atoms with E-state index in [1.165, 1.54) is 191 Å². The van der Waals surface area contributed by atoms with Crippen molar-refractivity contribution in [3.05, 3.63) is 397 Å². The minimum absolute atomic E-state index is 0.443. The third-order valence-corrected chi connectivity index (χ3v) is 26.0. The van der Waals surface area contributed by atoms with Crippen LogP contribution in [-0.2, 0) is 5.41 Å². The monoisotopic (exact) mass is 1400 g/mol. The normalized spacial score (nSPS) is 15.7. The van der Waals surface area contributed by atoms with Gasteiger partial charge < -0.3 is 9.80 Å². The molecule has 1 heterocycles. The average Bonchev–Trinajstić information content (AvgIpc) is 1.51. The first-order chi connectivity index (χ1) is 53.6. The Hall–Kier alpha value is -12.1. The second-order valence-corrected chi connectivity index (χ2v) is 31.7. The van der Waals surface area contributed by atoms with Crippen molar-refractivity contribution in [2.45, 2.75) is 81.0 Å². The Kier molecular flexibility index (Phi) is 15.9. The molecule has 2 fully saturated rings. The molecule has 1 spiro atoms. The molecule has 0 N–H and O–H groups in total. The van der Waals surface area contributed by atoms with Crippen molar-refractivity contribution in [3.8, 4) is 66.8 Å². The second kappa shape index (κ2) is 26.7. The van der Waals surface area contributed by atoms with Gasteiger partial charge in [0.25, 0.3) is 0 Å². The topological polar surface area (TPSA) is 6.48 Å². The Bertz CT molecular complexity index is 6220. The van der Waals surface area contributed by atoms with E-state index in [1.807, 2.05) is 11.3 Å². The van der Waals surface area contributed by atoms with Crippen LogP contribution in [0.5, 0.6) is 0 Å². The predicted molar refractivity (Wildman–Crippen MR) is 458 cm³/mol. The zero-order valence-electron chi connectivity index (χ0n) is 60.5. The number of hydrogen-bond donors (Lipinski definition) is 0. The number of fused-ring (bicyclic) bond motifs is 15. The molecule has 0 amide bonds. The average molecular weight is 1400 g/mol. The van der Waals surface area contributed by atoms with Crippen molar-refractivity contribution in [3.63, 3.8) is 0 Å². The molecule has 1 aromatic heterocycles. The zero-order valence-corrected chi connectivity index (χ0v) is 61.3. The Balaban J connectivity index is 0.624. The first-order valence-electron chi connectivity index (χ1n) is 39.1. The number of nitrogens with zero attached hydrogens (tertiary/aromatic N) is 2. The lowest BCUT2D eigenvalue weighted by molar-refractivity contribution is 0.396. The van der Waals surface area contributed by atoms with Gasteiger partial charge in [-0.1, -0.05) is 298 Å². The number of thiophene rings is 1. The third-order valence-electron chi connectivity index (χ3n) is 24.9. The van der Waals surface area contributed by atoms with E-state index in [4.69, 9.17) is 0 Å². The summed E-state index contributed by atoms with van der Waals surface area (Å²) in [6.07, 6.45) is 11.1. The highest BCUT2D eigenvalue weighted by Crippen LogP contribution is 2.64. The van der Waals surface area contributed by atoms with Gasteiger partial charge in [0.1, 0.15) is 0 Å². The molecular weight excluding hydrogens is 1320 g/mol. The summed E-state index contributed by atoms with van der Waals surface area (Å²) in [5.74, 6) is 1.53. The molecule has 516 valence electrons. The maximum atomic E-state index is 2.64. The first kappa shape index (κ1) is 64.3. The summed E-state index contributed by atoms with van der Waals surface area (Å²) in [6, 6.07) is 136. The molecule has 0 unspecified atom stereocenters. The fourth-order valence-electron chi connectivity index (χ4n) is 19.8. The summed E-state index contributed by atoms with van der Waals surface area (Å²) in [7, 11) is 0. The van der Waals surface area contributed by atoms with Crippen LogP contribution >= 0.6 is 11.3 Å². The van der Waals surface area contributed by atoms with Crippen molar-refractivity contribution >= 4 is 87.2 Å². The van der Waals surface area contributed by atoms with E-state index in [9.17, 15) is 0 Å². The Morgan fingerprint density at radius 2 is 0.620 bits per heavy atom. The summed E-state index contributed by atoms with van der Waals surface area (Å²) < 4.78 is 2.60. The summed E-state index contributed by atoms with van der Waals surface area (Å²) in [5.41, 5.74) is 31.6. The number of rotatable bonds is 13. The molecule has 0 radical (unpaired) electrons. The van der Waals surface area contributed by atoms with E-state index in [-0.39, 0.29) is 0 Å². The Morgan fingerprint density at radius 1 is 0.241 bits per heavy atom. The van der Waals surface area contributed by atoms with E-state index in [2.05, 4.69) is 368 Å². The van der Waals surface area contributed by atoms with Crippen LogP contribution in [0.25, 0.3) is 108 Å². The van der Waals surface area contributed by atoms with Gasteiger partial charge in [-0.05, 0) is 262 Å².